The van der Waals surface area contributed by atoms with Crippen LogP contribution in [0.25, 0.3) is 10.9 Å². The van der Waals surface area contributed by atoms with E-state index in [1.807, 2.05) is 0 Å². The highest BCUT2D eigenvalue weighted by atomic mass is 35.5. The third kappa shape index (κ3) is 3.41. The van der Waals surface area contributed by atoms with Crippen molar-refractivity contribution in [1.29, 1.82) is 0 Å². The van der Waals surface area contributed by atoms with Gasteiger partial charge in [0.2, 0.25) is 0 Å². The Hall–Kier alpha value is -2.08. The summed E-state index contributed by atoms with van der Waals surface area (Å²) in [5.41, 5.74) is 5.51. The van der Waals surface area contributed by atoms with Gasteiger partial charge in [0.25, 0.3) is 0 Å². The Morgan fingerprint density at radius 1 is 1.34 bits per heavy atom. The fraction of sp³-hybridized carbons (Fsp3) is 0.391. The molecule has 0 amide bonds. The van der Waals surface area contributed by atoms with Gasteiger partial charge in [-0.15, -0.1) is 0 Å². The van der Waals surface area contributed by atoms with Gasteiger partial charge in [-0.25, -0.2) is 4.39 Å². The molecule has 1 N–H and O–H groups in total. The fourth-order valence-corrected chi connectivity index (χ4v) is 4.94. The van der Waals surface area contributed by atoms with Crippen LogP contribution < -0.4 is 4.74 Å². The molecule has 0 radical (unpaired) electrons. The predicted molar refractivity (Wildman–Crippen MR) is 112 cm³/mol. The van der Waals surface area contributed by atoms with Crippen molar-refractivity contribution in [3.05, 3.63) is 63.6 Å². The lowest BCUT2D eigenvalue weighted by molar-refractivity contribution is 0.0456. The Labute approximate surface area is 174 Å². The summed E-state index contributed by atoms with van der Waals surface area (Å²) in [5, 5.41) is 1.26. The Morgan fingerprint density at radius 3 is 3.10 bits per heavy atom. The standard InChI is InChI=1S/C23H24ClFN2O2/c1-28-20-13-27(8-3-6-14-4-2-5-15-7-9-29-23(14)15)12-18-17-10-16(25)11-19(24)21(17)26-22(18)20/h2,4-5,10-11,20,26H,3,6-9,12-13H2,1H3. The van der Waals surface area contributed by atoms with E-state index >= 15 is 0 Å². The summed E-state index contributed by atoms with van der Waals surface area (Å²) in [6.45, 7) is 3.30. The van der Waals surface area contributed by atoms with Crippen LogP contribution in [0.15, 0.2) is 30.3 Å². The number of nitrogens with one attached hydrogen (secondary N) is 1. The molecule has 4 nitrogen and oxygen atoms in total. The van der Waals surface area contributed by atoms with Crippen molar-refractivity contribution in [2.75, 3.05) is 26.8 Å². The van der Waals surface area contributed by atoms with Gasteiger partial charge in [-0.05, 0) is 48.2 Å². The number of benzene rings is 2. The largest absolute Gasteiger partial charge is 0.493 e. The Bertz CT molecular complexity index is 1060. The number of nitrogens with zero attached hydrogens (tertiary/aromatic N) is 1. The Balaban J connectivity index is 1.34. The number of halogens is 2. The van der Waals surface area contributed by atoms with Crippen LogP contribution in [0, 0.1) is 5.82 Å². The number of H-pyrrole nitrogens is 1. The molecule has 0 spiro atoms. The number of para-hydroxylation sites is 1. The second-order valence-electron chi connectivity index (χ2n) is 7.89. The van der Waals surface area contributed by atoms with E-state index in [4.69, 9.17) is 21.1 Å². The maximum Gasteiger partial charge on any atom is 0.125 e. The van der Waals surface area contributed by atoms with Crippen LogP contribution in [0.4, 0.5) is 4.39 Å². The molecule has 0 aliphatic carbocycles. The highest BCUT2D eigenvalue weighted by Gasteiger charge is 2.29. The molecule has 2 aliphatic heterocycles. The van der Waals surface area contributed by atoms with Crippen LogP contribution in [0.1, 0.15) is 34.9 Å². The lowest BCUT2D eigenvalue weighted by Crippen LogP contribution is -2.35. The second-order valence-corrected chi connectivity index (χ2v) is 8.30. The van der Waals surface area contributed by atoms with Crippen LogP contribution in [0.5, 0.6) is 5.75 Å². The first-order valence-electron chi connectivity index (χ1n) is 10.1. The minimum absolute atomic E-state index is 0.0745. The number of rotatable bonds is 5. The molecule has 3 aromatic rings. The highest BCUT2D eigenvalue weighted by molar-refractivity contribution is 6.35. The number of aryl methyl sites for hydroxylation is 1. The minimum Gasteiger partial charge on any atom is -0.493 e. The van der Waals surface area contributed by atoms with Crippen LogP contribution in [0.3, 0.4) is 0 Å². The molecule has 1 unspecified atom stereocenters. The van der Waals surface area contributed by atoms with E-state index in [1.54, 1.807) is 13.2 Å². The molecule has 2 aliphatic rings. The van der Waals surface area contributed by atoms with Crippen molar-refractivity contribution in [2.45, 2.75) is 31.9 Å². The number of hydrogen-bond acceptors (Lipinski definition) is 3. The van der Waals surface area contributed by atoms with Crippen molar-refractivity contribution in [3.8, 4) is 5.75 Å². The molecule has 0 saturated carbocycles. The molecule has 1 atom stereocenters. The summed E-state index contributed by atoms with van der Waals surface area (Å²) in [4.78, 5) is 5.76. The van der Waals surface area contributed by atoms with Gasteiger partial charge in [0.15, 0.2) is 0 Å². The normalized spacial score (nSPS) is 18.7. The third-order valence-electron chi connectivity index (χ3n) is 6.09. The number of methoxy groups -OCH3 is 1. The zero-order valence-corrected chi connectivity index (χ0v) is 17.2. The van der Waals surface area contributed by atoms with Gasteiger partial charge in [-0.1, -0.05) is 29.8 Å². The molecule has 3 heterocycles. The summed E-state index contributed by atoms with van der Waals surface area (Å²) in [6, 6.07) is 9.37. The molecular formula is C23H24ClFN2O2. The maximum atomic E-state index is 14.0. The predicted octanol–water partition coefficient (Wildman–Crippen LogP) is 5.03. The fourth-order valence-electron chi connectivity index (χ4n) is 4.69. The third-order valence-corrected chi connectivity index (χ3v) is 6.39. The van der Waals surface area contributed by atoms with Crippen molar-refractivity contribution < 1.29 is 13.9 Å². The zero-order valence-electron chi connectivity index (χ0n) is 16.4. The topological polar surface area (TPSA) is 37.5 Å². The molecule has 152 valence electrons. The molecule has 0 fully saturated rings. The first-order valence-corrected chi connectivity index (χ1v) is 10.5. The second kappa shape index (κ2) is 7.63. The van der Waals surface area contributed by atoms with Crippen LogP contribution in [-0.2, 0) is 24.1 Å². The van der Waals surface area contributed by atoms with Crippen LogP contribution in [0.2, 0.25) is 5.02 Å². The SMILES string of the molecule is COC1CN(CCCc2cccc3c2OCC3)Cc2c1[nH]c1c(Cl)cc(F)cc21. The van der Waals surface area contributed by atoms with Gasteiger partial charge in [0, 0.05) is 32.0 Å². The molecule has 29 heavy (non-hydrogen) atoms. The monoisotopic (exact) mass is 414 g/mol. The van der Waals surface area contributed by atoms with Gasteiger partial charge < -0.3 is 14.5 Å². The van der Waals surface area contributed by atoms with E-state index in [0.29, 0.717) is 5.02 Å². The van der Waals surface area contributed by atoms with E-state index in [0.717, 1.165) is 73.4 Å². The van der Waals surface area contributed by atoms with Gasteiger partial charge >= 0.3 is 0 Å². The first-order chi connectivity index (χ1) is 14.1. The van der Waals surface area contributed by atoms with Gasteiger partial charge in [0.1, 0.15) is 17.7 Å². The number of aromatic nitrogens is 1. The van der Waals surface area contributed by atoms with Gasteiger partial charge in [-0.3, -0.25) is 4.90 Å². The average Bonchev–Trinajstić information content (AvgIpc) is 3.33. The number of fused-ring (bicyclic) bond motifs is 4. The molecule has 5 rings (SSSR count). The van der Waals surface area contributed by atoms with Gasteiger partial charge in [0.05, 0.1) is 22.8 Å². The van der Waals surface area contributed by atoms with Crippen molar-refractivity contribution in [2.24, 2.45) is 0 Å². The Morgan fingerprint density at radius 2 is 2.24 bits per heavy atom. The lowest BCUT2D eigenvalue weighted by Gasteiger charge is -2.32. The van der Waals surface area contributed by atoms with E-state index < -0.39 is 0 Å². The zero-order chi connectivity index (χ0) is 20.0. The van der Waals surface area contributed by atoms with Crippen molar-refractivity contribution in [1.82, 2.24) is 9.88 Å². The van der Waals surface area contributed by atoms with E-state index in [2.05, 4.69) is 28.1 Å². The average molecular weight is 415 g/mol. The summed E-state index contributed by atoms with van der Waals surface area (Å²) in [7, 11) is 1.72. The van der Waals surface area contributed by atoms with E-state index in [1.165, 1.54) is 17.2 Å². The maximum absolute atomic E-state index is 14.0. The summed E-state index contributed by atoms with van der Waals surface area (Å²) in [6.07, 6.45) is 2.95. The van der Waals surface area contributed by atoms with Crippen LogP contribution in [-0.4, -0.2) is 36.7 Å². The van der Waals surface area contributed by atoms with Crippen molar-refractivity contribution in [3.63, 3.8) is 0 Å². The van der Waals surface area contributed by atoms with Gasteiger partial charge in [-0.2, -0.15) is 0 Å². The first kappa shape index (κ1) is 18.9. The summed E-state index contributed by atoms with van der Waals surface area (Å²) >= 11 is 6.27. The molecule has 0 bridgehead atoms. The van der Waals surface area contributed by atoms with Crippen LogP contribution >= 0.6 is 11.6 Å². The summed E-state index contributed by atoms with van der Waals surface area (Å²) < 4.78 is 25.5. The molecule has 2 aromatic carbocycles. The quantitative estimate of drug-likeness (QED) is 0.636. The molecule has 1 aromatic heterocycles. The molecular weight excluding hydrogens is 391 g/mol. The number of aromatic amines is 1. The number of hydrogen-bond donors (Lipinski definition) is 1. The molecule has 6 heteroatoms. The van der Waals surface area contributed by atoms with E-state index in [9.17, 15) is 4.39 Å². The minimum atomic E-state index is -0.312. The lowest BCUT2D eigenvalue weighted by atomic mass is 10.0. The van der Waals surface area contributed by atoms with Crippen molar-refractivity contribution >= 4 is 22.5 Å². The highest BCUT2D eigenvalue weighted by Crippen LogP contribution is 2.37. The number of ether oxygens (including phenoxy) is 2. The smallest absolute Gasteiger partial charge is 0.125 e. The summed E-state index contributed by atoms with van der Waals surface area (Å²) in [5.74, 6) is 0.776. The Kier molecular flexibility index (Phi) is 4.98. The molecule has 0 saturated heterocycles. The van der Waals surface area contributed by atoms with E-state index in [-0.39, 0.29) is 11.9 Å².